The zero-order valence-corrected chi connectivity index (χ0v) is 16.4. The van der Waals surface area contributed by atoms with Crippen LogP contribution < -0.4 is 8.18 Å². The number of rotatable bonds is 1. The van der Waals surface area contributed by atoms with Crippen LogP contribution in [0.1, 0.15) is 10.4 Å². The van der Waals surface area contributed by atoms with Crippen LogP contribution in [0.15, 0.2) is 72.8 Å². The van der Waals surface area contributed by atoms with Crippen LogP contribution in [0.5, 0.6) is 0 Å². The summed E-state index contributed by atoms with van der Waals surface area (Å²) in [4.78, 5) is 10.5. The van der Waals surface area contributed by atoms with E-state index in [1.165, 1.54) is 3.07 Å². The molecule has 0 atom stereocenters. The second-order valence-electron chi connectivity index (χ2n) is 4.33. The Labute approximate surface area is 134 Å². The molecule has 0 saturated heterocycles. The summed E-state index contributed by atoms with van der Waals surface area (Å²) < 4.78 is 1.52. The Morgan fingerprint density at radius 2 is 1.40 bits per heavy atom. The number of fused-ring (bicyclic) bond motifs is 1. The van der Waals surface area contributed by atoms with E-state index in [-0.39, 0.29) is 5.56 Å². The first-order chi connectivity index (χ1) is 9.66. The number of hydrogen-bond acceptors (Lipinski definition) is 2. The predicted octanol–water partition coefficient (Wildman–Crippen LogP) is 2.06. The molecule has 0 N–H and O–H groups in total. The normalized spacial score (nSPS) is 9.70. The fraction of sp³-hybridized carbons (Fsp3) is 0. The summed E-state index contributed by atoms with van der Waals surface area (Å²) in [5, 5.41) is 12.5. The van der Waals surface area contributed by atoms with E-state index in [4.69, 9.17) is 0 Å². The first kappa shape index (κ1) is 14.7. The zero-order chi connectivity index (χ0) is 14.4. The minimum atomic E-state index is -1.13. The van der Waals surface area contributed by atoms with E-state index in [9.17, 15) is 9.90 Å². The first-order valence-electron chi connectivity index (χ1n) is 6.24. The topological polar surface area (TPSA) is 40.1 Å². The zero-order valence-electron chi connectivity index (χ0n) is 11.0. The maximum atomic E-state index is 10.5. The van der Waals surface area contributed by atoms with E-state index >= 15 is 0 Å². The van der Waals surface area contributed by atoms with Gasteiger partial charge in [-0.25, -0.2) is 0 Å². The predicted molar refractivity (Wildman–Crippen MR) is 74.4 cm³/mol. The van der Waals surface area contributed by atoms with E-state index < -0.39 is 5.97 Å². The Morgan fingerprint density at radius 3 is 1.95 bits per heavy atom. The molecule has 0 bridgehead atoms. The molecule has 3 aromatic rings. The molecular formula is C17H12HgO2. The number of carboxylic acids is 1. The fourth-order valence-corrected chi connectivity index (χ4v) is 2.85. The van der Waals surface area contributed by atoms with E-state index in [1.54, 1.807) is 18.2 Å². The van der Waals surface area contributed by atoms with E-state index in [1.807, 2.05) is 24.3 Å². The van der Waals surface area contributed by atoms with E-state index in [2.05, 4.69) is 30.3 Å². The summed E-state index contributed by atoms with van der Waals surface area (Å²) in [6, 6.07) is 23.1. The summed E-state index contributed by atoms with van der Waals surface area (Å²) >= 11 is 0.810. The van der Waals surface area contributed by atoms with Gasteiger partial charge in [-0.3, -0.25) is 0 Å². The first-order valence-corrected chi connectivity index (χ1v) is 8.99. The molecule has 0 aliphatic rings. The van der Waals surface area contributed by atoms with Crippen molar-refractivity contribution in [3.05, 3.63) is 78.4 Å². The van der Waals surface area contributed by atoms with Crippen molar-refractivity contribution in [1.29, 1.82) is 0 Å². The summed E-state index contributed by atoms with van der Waals surface area (Å²) in [5.41, 5.74) is 0.221. The van der Waals surface area contributed by atoms with Gasteiger partial charge < -0.3 is 9.90 Å². The van der Waals surface area contributed by atoms with Crippen LogP contribution in [0.2, 0.25) is 0 Å². The quantitative estimate of drug-likeness (QED) is 0.535. The molecule has 3 rings (SSSR count). The van der Waals surface area contributed by atoms with E-state index in [0.717, 1.165) is 36.9 Å². The number of hydrogen-bond donors (Lipinski definition) is 0. The van der Waals surface area contributed by atoms with Crippen molar-refractivity contribution in [1.82, 2.24) is 0 Å². The Bertz CT molecular complexity index is 708. The third-order valence-corrected chi connectivity index (χ3v) is 4.66. The van der Waals surface area contributed by atoms with Gasteiger partial charge in [-0.05, 0) is 22.4 Å². The number of carbonyl (C=O) groups excluding carboxylic acids is 1. The van der Waals surface area contributed by atoms with Gasteiger partial charge in [0.25, 0.3) is 0 Å². The molecule has 3 aromatic carbocycles. The molecule has 0 fully saturated rings. The number of aromatic carboxylic acids is 1. The molecule has 0 saturated carbocycles. The molecule has 0 radical (unpaired) electrons. The third kappa shape index (κ3) is 4.17. The van der Waals surface area contributed by atoms with E-state index in [0.29, 0.717) is 0 Å². The van der Waals surface area contributed by atoms with Crippen molar-refractivity contribution in [2.45, 2.75) is 0 Å². The van der Waals surface area contributed by atoms with Gasteiger partial charge in [0, 0.05) is 0 Å². The van der Waals surface area contributed by atoms with Gasteiger partial charge in [0.15, 0.2) is 0 Å². The summed E-state index contributed by atoms with van der Waals surface area (Å²) in [6.45, 7) is 0. The van der Waals surface area contributed by atoms with Crippen LogP contribution in [0.25, 0.3) is 10.8 Å². The van der Waals surface area contributed by atoms with Crippen molar-refractivity contribution < 1.29 is 36.0 Å². The summed E-state index contributed by atoms with van der Waals surface area (Å²) in [5.74, 6) is -1.13. The average Bonchev–Trinajstić information content (AvgIpc) is 2.48. The van der Waals surface area contributed by atoms with Gasteiger partial charge in [-0.1, -0.05) is 36.4 Å². The molecule has 3 heteroatoms. The Hall–Kier alpha value is -1.67. The van der Waals surface area contributed by atoms with Gasteiger partial charge in [0.05, 0.1) is 5.97 Å². The summed E-state index contributed by atoms with van der Waals surface area (Å²) in [6.07, 6.45) is 0. The van der Waals surface area contributed by atoms with Gasteiger partial charge in [-0.15, -0.1) is 0 Å². The molecule has 0 heterocycles. The average molecular weight is 449 g/mol. The van der Waals surface area contributed by atoms with Crippen molar-refractivity contribution >= 4 is 19.8 Å². The third-order valence-electron chi connectivity index (χ3n) is 2.83. The van der Waals surface area contributed by atoms with Crippen LogP contribution >= 0.6 is 0 Å². The van der Waals surface area contributed by atoms with Crippen LogP contribution in [-0.2, 0) is 26.1 Å². The van der Waals surface area contributed by atoms with Crippen molar-refractivity contribution in [3.63, 3.8) is 0 Å². The molecule has 20 heavy (non-hydrogen) atoms. The Balaban J connectivity index is 0.000000178. The van der Waals surface area contributed by atoms with Crippen LogP contribution in [0, 0.1) is 0 Å². The molecule has 0 amide bonds. The van der Waals surface area contributed by atoms with Crippen molar-refractivity contribution in [2.24, 2.45) is 0 Å². The molecule has 2 nitrogen and oxygen atoms in total. The van der Waals surface area contributed by atoms with Gasteiger partial charge in [0.1, 0.15) is 0 Å². The molecule has 0 aliphatic heterocycles. The summed E-state index contributed by atoms with van der Waals surface area (Å²) in [7, 11) is 0. The molecular weight excluding hydrogens is 437 g/mol. The standard InChI is InChI=1S/C11H8O2.C6H5.Hg/c12-11(13)10-6-5-8-3-1-2-4-9(8)7-10;1-2-4-6-5-3-1;/h1-7H,(H,12,13);1-5H;/q;;+1/p-1. The Morgan fingerprint density at radius 1 is 0.800 bits per heavy atom. The molecule has 0 aliphatic carbocycles. The monoisotopic (exact) mass is 450 g/mol. The van der Waals surface area contributed by atoms with Crippen molar-refractivity contribution in [2.75, 3.05) is 0 Å². The number of carboxylic acid groups (broad SMARTS) is 1. The fourth-order valence-electron chi connectivity index (χ4n) is 1.79. The molecule has 0 spiro atoms. The van der Waals surface area contributed by atoms with Crippen LogP contribution in [0.3, 0.4) is 0 Å². The second-order valence-corrected chi connectivity index (χ2v) is 7.51. The van der Waals surface area contributed by atoms with Crippen LogP contribution in [-0.4, -0.2) is 5.97 Å². The molecule has 0 aromatic heterocycles. The second kappa shape index (κ2) is 7.20. The van der Waals surface area contributed by atoms with Crippen LogP contribution in [0.4, 0.5) is 0 Å². The number of benzene rings is 3. The maximum absolute atomic E-state index is 10.5. The van der Waals surface area contributed by atoms with Crippen molar-refractivity contribution in [3.8, 4) is 0 Å². The van der Waals surface area contributed by atoms with Gasteiger partial charge >= 0.3 is 59.5 Å². The SMILES string of the molecule is O=C([O-])c1ccc2ccccc2c1.[Hg+][c]1ccccc1. The number of carbonyl (C=O) groups is 1. The molecule has 94 valence electrons. The van der Waals surface area contributed by atoms with Gasteiger partial charge in [-0.2, -0.15) is 0 Å². The minimum absolute atomic E-state index is 0.221. The molecule has 0 unspecified atom stereocenters. The Kier molecular flexibility index (Phi) is 5.30. The van der Waals surface area contributed by atoms with Gasteiger partial charge in [0.2, 0.25) is 0 Å².